The number of amides is 1. The number of halogens is 3. The number of rotatable bonds is 9. The third-order valence-corrected chi connectivity index (χ3v) is 8.58. The van der Waals surface area contributed by atoms with Crippen molar-refractivity contribution in [3.8, 4) is 28.3 Å². The monoisotopic (exact) mass is 635 g/mol. The molecule has 2 aromatic carbocycles. The fourth-order valence-corrected chi connectivity index (χ4v) is 5.99. The van der Waals surface area contributed by atoms with E-state index in [9.17, 15) is 9.59 Å². The molecule has 1 aliphatic rings. The summed E-state index contributed by atoms with van der Waals surface area (Å²) < 4.78 is 20.9. The minimum absolute atomic E-state index is 0.00600. The van der Waals surface area contributed by atoms with E-state index in [2.05, 4.69) is 20.2 Å². The van der Waals surface area contributed by atoms with Gasteiger partial charge in [0.05, 0.1) is 34.1 Å². The van der Waals surface area contributed by atoms with Gasteiger partial charge in [-0.15, -0.1) is 0 Å². The molecule has 1 fully saturated rings. The lowest BCUT2D eigenvalue weighted by Gasteiger charge is -2.32. The normalized spacial score (nSPS) is 13.9. The standard InChI is InChI=1S/C33H32Cl2FN5O3/c1-40(2)33(43)20-13-16-41(17-14-20)18-21-12-15-37-31(30(21)36)38-27-9-5-7-24(29(27)35)23-6-4-8-25(28(23)34)26-11-10-22(19-42)32(39-26)44-3/h4-12,15,19-20H,13-14,16-18H2,1-3H3,(H,37,38). The Hall–Kier alpha value is -4.05. The van der Waals surface area contributed by atoms with Crippen LogP contribution in [0, 0.1) is 11.7 Å². The number of ether oxygens (including phenoxy) is 1. The highest BCUT2D eigenvalue weighted by molar-refractivity contribution is 6.39. The van der Waals surface area contributed by atoms with Crippen molar-refractivity contribution < 1.29 is 18.7 Å². The summed E-state index contributed by atoms with van der Waals surface area (Å²) in [7, 11) is 4.99. The minimum atomic E-state index is -0.459. The highest BCUT2D eigenvalue weighted by Crippen LogP contribution is 2.42. The second kappa shape index (κ2) is 13.7. The maximum Gasteiger partial charge on any atom is 0.225 e. The molecule has 1 aliphatic heterocycles. The molecule has 8 nitrogen and oxygen atoms in total. The van der Waals surface area contributed by atoms with Crippen molar-refractivity contribution in [2.75, 3.05) is 39.6 Å². The molecule has 1 saturated heterocycles. The number of pyridine rings is 2. The van der Waals surface area contributed by atoms with Crippen LogP contribution in [0.2, 0.25) is 10.0 Å². The summed E-state index contributed by atoms with van der Waals surface area (Å²) in [6, 6.07) is 15.8. The van der Waals surface area contributed by atoms with Gasteiger partial charge in [0.1, 0.15) is 0 Å². The number of nitrogens with one attached hydrogen (secondary N) is 1. The van der Waals surface area contributed by atoms with Gasteiger partial charge in [0.15, 0.2) is 17.9 Å². The number of benzene rings is 2. The topological polar surface area (TPSA) is 87.7 Å². The first-order valence-electron chi connectivity index (χ1n) is 14.1. The van der Waals surface area contributed by atoms with Crippen molar-refractivity contribution in [2.45, 2.75) is 19.4 Å². The number of hydrogen-bond donors (Lipinski definition) is 1. The number of anilines is 2. The van der Waals surface area contributed by atoms with Crippen LogP contribution in [0.1, 0.15) is 28.8 Å². The smallest absolute Gasteiger partial charge is 0.225 e. The van der Waals surface area contributed by atoms with Crippen LogP contribution in [0.25, 0.3) is 22.4 Å². The fourth-order valence-electron chi connectivity index (χ4n) is 5.39. The number of methoxy groups -OCH3 is 1. The highest BCUT2D eigenvalue weighted by Gasteiger charge is 2.27. The lowest BCUT2D eigenvalue weighted by atomic mass is 9.95. The molecule has 0 spiro atoms. The van der Waals surface area contributed by atoms with E-state index in [-0.39, 0.29) is 23.5 Å². The fraction of sp³-hybridized carbons (Fsp3) is 0.273. The SMILES string of the molecule is COc1nc(-c2cccc(-c3cccc(Nc4nccc(CN5CCC(C(=O)N(C)C)CC5)c4F)c3Cl)c2Cl)ccc1C=O. The lowest BCUT2D eigenvalue weighted by Crippen LogP contribution is -2.39. The quantitative estimate of drug-likeness (QED) is 0.196. The molecule has 1 N–H and O–H groups in total. The summed E-state index contributed by atoms with van der Waals surface area (Å²) in [6.45, 7) is 1.84. The summed E-state index contributed by atoms with van der Waals surface area (Å²) >= 11 is 13.8. The zero-order chi connectivity index (χ0) is 31.4. The van der Waals surface area contributed by atoms with Crippen molar-refractivity contribution >= 4 is 46.9 Å². The number of likely N-dealkylation sites (tertiary alicyclic amines) is 1. The van der Waals surface area contributed by atoms with Crippen LogP contribution in [-0.2, 0) is 11.3 Å². The van der Waals surface area contributed by atoms with Crippen molar-refractivity contribution in [1.29, 1.82) is 0 Å². The number of carbonyl (C=O) groups is 2. The Morgan fingerprint density at radius 2 is 1.73 bits per heavy atom. The second-order valence-electron chi connectivity index (χ2n) is 10.8. The molecule has 0 aliphatic carbocycles. The van der Waals surface area contributed by atoms with Crippen LogP contribution in [-0.4, -0.2) is 66.3 Å². The van der Waals surface area contributed by atoms with Gasteiger partial charge in [-0.1, -0.05) is 53.5 Å². The van der Waals surface area contributed by atoms with E-state index in [0.717, 1.165) is 12.8 Å². The van der Waals surface area contributed by atoms with Gasteiger partial charge in [0, 0.05) is 55.0 Å². The van der Waals surface area contributed by atoms with E-state index in [1.165, 1.54) is 7.11 Å². The van der Waals surface area contributed by atoms with Gasteiger partial charge in [-0.25, -0.2) is 14.4 Å². The Morgan fingerprint density at radius 1 is 1.05 bits per heavy atom. The first-order valence-corrected chi connectivity index (χ1v) is 14.9. The minimum Gasteiger partial charge on any atom is -0.480 e. The van der Waals surface area contributed by atoms with Gasteiger partial charge in [-0.2, -0.15) is 0 Å². The summed E-state index contributed by atoms with van der Waals surface area (Å²) in [6.07, 6.45) is 3.74. The molecule has 1 amide bonds. The summed E-state index contributed by atoms with van der Waals surface area (Å²) in [5.74, 6) is -0.0521. The Balaban J connectivity index is 1.37. The van der Waals surface area contributed by atoms with Gasteiger partial charge < -0.3 is 15.0 Å². The Bertz CT molecular complexity index is 1690. The molecule has 0 unspecified atom stereocenters. The number of nitrogens with zero attached hydrogens (tertiary/aromatic N) is 4. The first-order chi connectivity index (χ1) is 21.2. The highest BCUT2D eigenvalue weighted by atomic mass is 35.5. The van der Waals surface area contributed by atoms with E-state index in [0.29, 0.717) is 75.2 Å². The van der Waals surface area contributed by atoms with Crippen LogP contribution in [0.4, 0.5) is 15.9 Å². The Kier molecular flexibility index (Phi) is 9.78. The van der Waals surface area contributed by atoms with Gasteiger partial charge in [0.2, 0.25) is 11.8 Å². The first kappa shape index (κ1) is 31.4. The molecule has 0 atom stereocenters. The van der Waals surface area contributed by atoms with E-state index < -0.39 is 5.82 Å². The average Bonchev–Trinajstić information content (AvgIpc) is 3.03. The number of piperidine rings is 1. The molecule has 3 heterocycles. The zero-order valence-corrected chi connectivity index (χ0v) is 26.1. The maximum absolute atomic E-state index is 15.7. The average molecular weight is 637 g/mol. The molecule has 228 valence electrons. The molecule has 0 saturated carbocycles. The second-order valence-corrected chi connectivity index (χ2v) is 11.5. The van der Waals surface area contributed by atoms with E-state index >= 15 is 4.39 Å². The van der Waals surface area contributed by atoms with Crippen LogP contribution in [0.15, 0.2) is 60.8 Å². The van der Waals surface area contributed by atoms with Crippen molar-refractivity contribution in [2.24, 2.45) is 5.92 Å². The third-order valence-electron chi connectivity index (χ3n) is 7.77. The molecular formula is C33H32Cl2FN5O3. The molecule has 0 radical (unpaired) electrons. The van der Waals surface area contributed by atoms with Gasteiger partial charge in [-0.3, -0.25) is 14.5 Å². The number of carbonyl (C=O) groups excluding carboxylic acids is 2. The van der Waals surface area contributed by atoms with Crippen molar-refractivity contribution in [3.05, 3.63) is 87.8 Å². The summed E-state index contributed by atoms with van der Waals surface area (Å²) in [4.78, 5) is 36.1. The van der Waals surface area contributed by atoms with Gasteiger partial charge in [0.25, 0.3) is 0 Å². The predicted octanol–water partition coefficient (Wildman–Crippen LogP) is 7.12. The van der Waals surface area contributed by atoms with Gasteiger partial charge >= 0.3 is 0 Å². The van der Waals surface area contributed by atoms with Crippen LogP contribution < -0.4 is 10.1 Å². The van der Waals surface area contributed by atoms with E-state index in [4.69, 9.17) is 27.9 Å². The molecule has 11 heteroatoms. The molecule has 4 aromatic rings. The van der Waals surface area contributed by atoms with Crippen molar-refractivity contribution in [3.63, 3.8) is 0 Å². The number of aldehydes is 1. The zero-order valence-electron chi connectivity index (χ0n) is 24.6. The molecule has 2 aromatic heterocycles. The van der Waals surface area contributed by atoms with Crippen molar-refractivity contribution in [1.82, 2.24) is 19.8 Å². The molecule has 0 bridgehead atoms. The van der Waals surface area contributed by atoms with Gasteiger partial charge in [-0.05, 0) is 50.2 Å². The van der Waals surface area contributed by atoms with Crippen LogP contribution >= 0.6 is 23.2 Å². The van der Waals surface area contributed by atoms with Crippen LogP contribution in [0.3, 0.4) is 0 Å². The van der Waals surface area contributed by atoms with E-state index in [1.807, 2.05) is 24.3 Å². The Labute approximate surface area is 265 Å². The summed E-state index contributed by atoms with van der Waals surface area (Å²) in [5, 5.41) is 3.81. The number of hydrogen-bond acceptors (Lipinski definition) is 7. The third kappa shape index (κ3) is 6.55. The summed E-state index contributed by atoms with van der Waals surface area (Å²) in [5.41, 5.74) is 3.74. The van der Waals surface area contributed by atoms with Crippen LogP contribution in [0.5, 0.6) is 5.88 Å². The number of aromatic nitrogens is 2. The maximum atomic E-state index is 15.7. The molecule has 5 rings (SSSR count). The Morgan fingerprint density at radius 3 is 2.41 bits per heavy atom. The molecule has 44 heavy (non-hydrogen) atoms. The molecular weight excluding hydrogens is 604 g/mol. The lowest BCUT2D eigenvalue weighted by molar-refractivity contribution is -0.134. The largest absolute Gasteiger partial charge is 0.480 e. The predicted molar refractivity (Wildman–Crippen MR) is 171 cm³/mol. The van der Waals surface area contributed by atoms with E-state index in [1.54, 1.807) is 55.5 Å².